The molecule has 1 aliphatic heterocycles. The third-order valence-electron chi connectivity index (χ3n) is 6.29. The van der Waals surface area contributed by atoms with Gasteiger partial charge in [0.2, 0.25) is 0 Å². The maximum Gasteiger partial charge on any atom is 0.416 e. The van der Waals surface area contributed by atoms with Gasteiger partial charge in [0.1, 0.15) is 0 Å². The van der Waals surface area contributed by atoms with E-state index in [-0.39, 0.29) is 11.0 Å². The van der Waals surface area contributed by atoms with E-state index in [9.17, 15) is 22.8 Å². The number of benzene rings is 1. The van der Waals surface area contributed by atoms with E-state index >= 15 is 0 Å². The van der Waals surface area contributed by atoms with Crippen LogP contribution >= 0.6 is 0 Å². The minimum absolute atomic E-state index is 0.131. The number of piperidine rings is 1. The maximum atomic E-state index is 13.0. The summed E-state index contributed by atoms with van der Waals surface area (Å²) in [5, 5.41) is 0. The van der Waals surface area contributed by atoms with Crippen LogP contribution in [0.25, 0.3) is 0 Å². The Kier molecular flexibility index (Phi) is 4.93. The van der Waals surface area contributed by atoms with Crippen LogP contribution < -0.4 is 11.2 Å². The summed E-state index contributed by atoms with van der Waals surface area (Å²) in [5.74, 6) is 0.426. The van der Waals surface area contributed by atoms with Gasteiger partial charge in [-0.3, -0.25) is 9.78 Å². The Balaban J connectivity index is 1.32. The Morgan fingerprint density at radius 3 is 2.72 bits per heavy atom. The van der Waals surface area contributed by atoms with Gasteiger partial charge < -0.3 is 9.47 Å². The zero-order valence-electron chi connectivity index (χ0n) is 16.3. The molecule has 29 heavy (non-hydrogen) atoms. The average molecular weight is 407 g/mol. The standard InChI is InChI=1S/C21H24F3N3O2/c1-14-11-27(19(29)25-18(14)28)8-3-2-7-26-12-17-10-20(17,13-26)15-5-4-6-16(9-15)21(22,23)24/h4-6,9,11,17H,2-3,7-8,10,12-13H2,1H3,(H,25,28,29). The average Bonchev–Trinajstić information content (AvgIpc) is 3.24. The Hall–Kier alpha value is -2.35. The summed E-state index contributed by atoms with van der Waals surface area (Å²) in [6.07, 6.45) is -0.0989. The SMILES string of the molecule is Cc1cn(CCCCN2CC3CC3(c3cccc(C(F)(F)F)c3)C2)c(=O)[nH]c1=O. The van der Waals surface area contributed by atoms with Crippen molar-refractivity contribution in [2.75, 3.05) is 19.6 Å². The van der Waals surface area contributed by atoms with Crippen LogP contribution in [0.5, 0.6) is 0 Å². The number of nitrogens with zero attached hydrogens (tertiary/aromatic N) is 2. The van der Waals surface area contributed by atoms with Gasteiger partial charge >= 0.3 is 11.9 Å². The molecule has 0 bridgehead atoms. The first kappa shape index (κ1) is 19.9. The summed E-state index contributed by atoms with van der Waals surface area (Å²) in [6, 6.07) is 5.78. The van der Waals surface area contributed by atoms with E-state index in [2.05, 4.69) is 9.88 Å². The summed E-state index contributed by atoms with van der Waals surface area (Å²) in [4.78, 5) is 27.8. The van der Waals surface area contributed by atoms with Crippen molar-refractivity contribution in [1.82, 2.24) is 14.5 Å². The van der Waals surface area contributed by atoms with Gasteiger partial charge in [0.05, 0.1) is 5.56 Å². The molecule has 2 atom stereocenters. The molecule has 1 aromatic carbocycles. The van der Waals surface area contributed by atoms with Crippen LogP contribution in [-0.4, -0.2) is 34.1 Å². The molecule has 1 aromatic heterocycles. The summed E-state index contributed by atoms with van der Waals surface area (Å²) < 4.78 is 40.6. The number of aromatic nitrogens is 2. The molecule has 2 unspecified atom stereocenters. The van der Waals surface area contributed by atoms with E-state index in [1.54, 1.807) is 13.1 Å². The largest absolute Gasteiger partial charge is 0.416 e. The van der Waals surface area contributed by atoms with Gasteiger partial charge in [-0.2, -0.15) is 13.2 Å². The topological polar surface area (TPSA) is 58.1 Å². The molecule has 1 aliphatic carbocycles. The van der Waals surface area contributed by atoms with E-state index in [4.69, 9.17) is 0 Å². The van der Waals surface area contributed by atoms with Crippen LogP contribution in [0.1, 0.15) is 36.0 Å². The third kappa shape index (κ3) is 3.90. The van der Waals surface area contributed by atoms with E-state index in [1.807, 2.05) is 6.07 Å². The number of aryl methyl sites for hydroxylation is 2. The van der Waals surface area contributed by atoms with Crippen LogP contribution in [0.4, 0.5) is 13.2 Å². The molecular weight excluding hydrogens is 383 g/mol. The third-order valence-corrected chi connectivity index (χ3v) is 6.29. The number of hydrogen-bond acceptors (Lipinski definition) is 3. The number of hydrogen-bond donors (Lipinski definition) is 1. The van der Waals surface area contributed by atoms with Crippen LogP contribution in [0.3, 0.4) is 0 Å². The first-order valence-electron chi connectivity index (χ1n) is 9.89. The number of fused-ring (bicyclic) bond motifs is 1. The van der Waals surface area contributed by atoms with E-state index < -0.39 is 17.4 Å². The molecule has 0 amide bonds. The number of rotatable bonds is 6. The van der Waals surface area contributed by atoms with Crippen molar-refractivity contribution in [2.24, 2.45) is 5.92 Å². The molecule has 4 rings (SSSR count). The van der Waals surface area contributed by atoms with Gasteiger partial charge in [-0.15, -0.1) is 0 Å². The molecule has 156 valence electrons. The van der Waals surface area contributed by atoms with Crippen molar-refractivity contribution in [3.05, 3.63) is 68.0 Å². The molecule has 2 aliphatic rings. The number of alkyl halides is 3. The fourth-order valence-corrected chi connectivity index (χ4v) is 4.61. The first-order chi connectivity index (χ1) is 13.7. The fraction of sp³-hybridized carbons (Fsp3) is 0.524. The molecular formula is C21H24F3N3O2. The van der Waals surface area contributed by atoms with Crippen molar-refractivity contribution in [1.29, 1.82) is 0 Å². The van der Waals surface area contributed by atoms with E-state index in [0.717, 1.165) is 50.5 Å². The predicted octanol–water partition coefficient (Wildman–Crippen LogP) is 2.92. The summed E-state index contributed by atoms with van der Waals surface area (Å²) in [5.41, 5.74) is -0.153. The first-order valence-corrected chi connectivity index (χ1v) is 9.89. The second-order valence-corrected chi connectivity index (χ2v) is 8.34. The Morgan fingerprint density at radius 2 is 1.97 bits per heavy atom. The van der Waals surface area contributed by atoms with Crippen molar-refractivity contribution in [2.45, 2.75) is 44.3 Å². The molecule has 1 saturated carbocycles. The van der Waals surface area contributed by atoms with E-state index in [1.165, 1.54) is 16.7 Å². The summed E-state index contributed by atoms with van der Waals surface area (Å²) in [6.45, 7) is 4.75. The highest BCUT2D eigenvalue weighted by molar-refractivity contribution is 5.40. The number of nitrogens with one attached hydrogen (secondary N) is 1. The Labute approximate surface area is 166 Å². The number of likely N-dealkylation sites (tertiary alicyclic amines) is 1. The predicted molar refractivity (Wildman–Crippen MR) is 103 cm³/mol. The molecule has 2 fully saturated rings. The number of halogens is 3. The van der Waals surface area contributed by atoms with Crippen molar-refractivity contribution >= 4 is 0 Å². The number of H-pyrrole nitrogens is 1. The highest BCUT2D eigenvalue weighted by atomic mass is 19.4. The van der Waals surface area contributed by atoms with Crippen LogP contribution in [0.15, 0.2) is 40.1 Å². The van der Waals surface area contributed by atoms with Gasteiger partial charge in [0, 0.05) is 36.8 Å². The minimum atomic E-state index is -4.31. The second kappa shape index (κ2) is 7.16. The highest BCUT2D eigenvalue weighted by Crippen LogP contribution is 2.59. The lowest BCUT2D eigenvalue weighted by Gasteiger charge is -2.21. The van der Waals surface area contributed by atoms with E-state index in [0.29, 0.717) is 18.0 Å². The van der Waals surface area contributed by atoms with Gasteiger partial charge in [-0.05, 0) is 50.3 Å². The van der Waals surface area contributed by atoms with Crippen molar-refractivity contribution < 1.29 is 13.2 Å². The number of unbranched alkanes of at least 4 members (excludes halogenated alkanes) is 1. The van der Waals surface area contributed by atoms with Crippen LogP contribution in [0, 0.1) is 12.8 Å². The Morgan fingerprint density at radius 1 is 1.21 bits per heavy atom. The zero-order chi connectivity index (χ0) is 20.8. The smallest absolute Gasteiger partial charge is 0.302 e. The van der Waals surface area contributed by atoms with Gasteiger partial charge in [0.15, 0.2) is 0 Å². The fourth-order valence-electron chi connectivity index (χ4n) is 4.61. The molecule has 0 spiro atoms. The number of aromatic amines is 1. The lowest BCUT2D eigenvalue weighted by Crippen LogP contribution is -2.31. The lowest BCUT2D eigenvalue weighted by atomic mass is 9.93. The maximum absolute atomic E-state index is 13.0. The molecule has 1 saturated heterocycles. The van der Waals surface area contributed by atoms with Gasteiger partial charge in [0.25, 0.3) is 5.56 Å². The highest BCUT2D eigenvalue weighted by Gasteiger charge is 2.60. The monoisotopic (exact) mass is 407 g/mol. The van der Waals surface area contributed by atoms with Gasteiger partial charge in [-0.25, -0.2) is 4.79 Å². The molecule has 1 N–H and O–H groups in total. The normalized spacial score (nSPS) is 23.9. The van der Waals surface area contributed by atoms with Crippen LogP contribution in [0.2, 0.25) is 0 Å². The minimum Gasteiger partial charge on any atom is -0.302 e. The summed E-state index contributed by atoms with van der Waals surface area (Å²) >= 11 is 0. The van der Waals surface area contributed by atoms with Crippen molar-refractivity contribution in [3.63, 3.8) is 0 Å². The summed E-state index contributed by atoms with van der Waals surface area (Å²) in [7, 11) is 0. The quantitative estimate of drug-likeness (QED) is 0.750. The molecule has 2 aromatic rings. The van der Waals surface area contributed by atoms with Gasteiger partial charge in [-0.1, -0.05) is 18.2 Å². The van der Waals surface area contributed by atoms with Crippen molar-refractivity contribution in [3.8, 4) is 0 Å². The lowest BCUT2D eigenvalue weighted by molar-refractivity contribution is -0.137. The van der Waals surface area contributed by atoms with Crippen LogP contribution in [-0.2, 0) is 18.1 Å². The molecule has 5 nitrogen and oxygen atoms in total. The second-order valence-electron chi connectivity index (χ2n) is 8.34. The molecule has 8 heteroatoms. The zero-order valence-corrected chi connectivity index (χ0v) is 16.3. The Bertz CT molecular complexity index is 1030. The molecule has 2 heterocycles. The molecule has 0 radical (unpaired) electrons.